The first-order chi connectivity index (χ1) is 12.5. The van der Waals surface area contributed by atoms with Crippen molar-refractivity contribution >= 4 is 33.0 Å². The van der Waals surface area contributed by atoms with E-state index in [0.29, 0.717) is 28.2 Å². The number of aliphatic imine (C=N–C) groups is 1. The molecule has 2 aromatic rings. The third kappa shape index (κ3) is 5.35. The van der Waals surface area contributed by atoms with Crippen LogP contribution in [0.2, 0.25) is 0 Å². The molecule has 0 atom stereocenters. The molecule has 2 rings (SSSR count). The molecule has 0 spiro atoms. The molecule has 0 fully saturated rings. The van der Waals surface area contributed by atoms with Crippen LogP contribution in [0.1, 0.15) is 0 Å². The Balaban J connectivity index is 1.87. The van der Waals surface area contributed by atoms with Crippen LogP contribution in [0.3, 0.4) is 0 Å². The van der Waals surface area contributed by atoms with Gasteiger partial charge in [0.2, 0.25) is 10.0 Å². The van der Waals surface area contributed by atoms with Crippen LogP contribution in [-0.4, -0.2) is 48.7 Å². The van der Waals surface area contributed by atoms with Crippen LogP contribution in [0, 0.1) is 0 Å². The summed E-state index contributed by atoms with van der Waals surface area (Å²) in [4.78, 5) is 4.11. The number of methoxy groups -OCH3 is 2. The number of sulfonamides is 1. The summed E-state index contributed by atoms with van der Waals surface area (Å²) in [6.45, 7) is 0.602. The molecule has 26 heavy (non-hydrogen) atoms. The van der Waals surface area contributed by atoms with Gasteiger partial charge in [0, 0.05) is 31.9 Å². The second-order valence-corrected chi connectivity index (χ2v) is 7.97. The van der Waals surface area contributed by atoms with Crippen molar-refractivity contribution in [2.45, 2.75) is 4.21 Å². The minimum atomic E-state index is -3.46. The summed E-state index contributed by atoms with van der Waals surface area (Å²) >= 11 is 1.18. The average Bonchev–Trinajstić information content (AvgIpc) is 3.19. The van der Waals surface area contributed by atoms with Gasteiger partial charge in [0.15, 0.2) is 17.5 Å². The van der Waals surface area contributed by atoms with E-state index in [1.807, 2.05) is 6.07 Å². The number of nitrogens with zero attached hydrogens (tertiary/aromatic N) is 1. The van der Waals surface area contributed by atoms with Crippen LogP contribution in [0.5, 0.6) is 11.5 Å². The molecule has 1 heterocycles. The number of benzene rings is 1. The van der Waals surface area contributed by atoms with Gasteiger partial charge in [-0.25, -0.2) is 13.1 Å². The third-order valence-corrected chi connectivity index (χ3v) is 6.20. The predicted molar refractivity (Wildman–Crippen MR) is 104 cm³/mol. The molecule has 8 nitrogen and oxygen atoms in total. The van der Waals surface area contributed by atoms with Gasteiger partial charge >= 0.3 is 0 Å². The molecule has 0 bridgehead atoms. The Morgan fingerprint density at radius 2 is 1.92 bits per heavy atom. The molecule has 142 valence electrons. The molecule has 1 aromatic heterocycles. The average molecular weight is 399 g/mol. The number of hydrogen-bond donors (Lipinski definition) is 3. The maximum Gasteiger partial charge on any atom is 0.250 e. The van der Waals surface area contributed by atoms with Gasteiger partial charge in [0.1, 0.15) is 4.21 Å². The van der Waals surface area contributed by atoms with Gasteiger partial charge in [-0.05, 0) is 23.6 Å². The normalized spacial score (nSPS) is 11.9. The number of thiophene rings is 1. The Labute approximate surface area is 157 Å². The first-order valence-electron chi connectivity index (χ1n) is 7.73. The van der Waals surface area contributed by atoms with E-state index in [2.05, 4.69) is 20.3 Å². The Bertz CT molecular complexity index is 836. The zero-order valence-corrected chi connectivity index (χ0v) is 16.4. The van der Waals surface area contributed by atoms with Crippen molar-refractivity contribution in [2.75, 3.05) is 39.7 Å². The highest BCUT2D eigenvalue weighted by molar-refractivity contribution is 7.91. The fourth-order valence-corrected chi connectivity index (χ4v) is 4.15. The van der Waals surface area contributed by atoms with Crippen LogP contribution in [0.15, 0.2) is 44.9 Å². The fourth-order valence-electron chi connectivity index (χ4n) is 2.08. The number of anilines is 1. The summed E-state index contributed by atoms with van der Waals surface area (Å²) in [5, 5.41) is 7.88. The Morgan fingerprint density at radius 1 is 1.15 bits per heavy atom. The molecule has 0 aliphatic carbocycles. The molecule has 0 unspecified atom stereocenters. The van der Waals surface area contributed by atoms with Crippen molar-refractivity contribution in [2.24, 2.45) is 4.99 Å². The monoisotopic (exact) mass is 398 g/mol. The number of guanidine groups is 1. The van der Waals surface area contributed by atoms with E-state index in [9.17, 15) is 8.42 Å². The van der Waals surface area contributed by atoms with Crippen LogP contribution >= 0.6 is 11.3 Å². The lowest BCUT2D eigenvalue weighted by atomic mass is 10.3. The smallest absolute Gasteiger partial charge is 0.250 e. The van der Waals surface area contributed by atoms with Gasteiger partial charge in [0.25, 0.3) is 0 Å². The largest absolute Gasteiger partial charge is 0.493 e. The molecule has 0 saturated heterocycles. The van der Waals surface area contributed by atoms with Gasteiger partial charge in [-0.1, -0.05) is 6.07 Å². The van der Waals surface area contributed by atoms with Crippen molar-refractivity contribution in [1.29, 1.82) is 0 Å². The van der Waals surface area contributed by atoms with Crippen LogP contribution in [-0.2, 0) is 10.0 Å². The molecular formula is C16H22N4O4S2. The van der Waals surface area contributed by atoms with Gasteiger partial charge in [-0.2, -0.15) is 0 Å². The highest BCUT2D eigenvalue weighted by Gasteiger charge is 2.14. The van der Waals surface area contributed by atoms with E-state index in [4.69, 9.17) is 9.47 Å². The van der Waals surface area contributed by atoms with Gasteiger partial charge < -0.3 is 20.1 Å². The van der Waals surface area contributed by atoms with Crippen LogP contribution < -0.4 is 24.8 Å². The van der Waals surface area contributed by atoms with Crippen molar-refractivity contribution in [3.8, 4) is 11.5 Å². The van der Waals surface area contributed by atoms with Gasteiger partial charge in [-0.15, -0.1) is 11.3 Å². The molecular weight excluding hydrogens is 376 g/mol. The predicted octanol–water partition coefficient (Wildman–Crippen LogP) is 1.73. The number of ether oxygens (including phenoxy) is 2. The summed E-state index contributed by atoms with van der Waals surface area (Å²) in [5.74, 6) is 1.73. The van der Waals surface area contributed by atoms with E-state index in [0.717, 1.165) is 5.69 Å². The summed E-state index contributed by atoms with van der Waals surface area (Å²) in [6.07, 6.45) is 0. The van der Waals surface area contributed by atoms with E-state index < -0.39 is 10.0 Å². The topological polar surface area (TPSA) is 101 Å². The first-order valence-corrected chi connectivity index (χ1v) is 10.1. The molecule has 0 aliphatic heterocycles. The highest BCUT2D eigenvalue weighted by Crippen LogP contribution is 2.29. The number of nitrogens with one attached hydrogen (secondary N) is 3. The summed E-state index contributed by atoms with van der Waals surface area (Å²) in [7, 11) is 1.31. The minimum absolute atomic E-state index is 0.229. The maximum absolute atomic E-state index is 12.0. The third-order valence-electron chi connectivity index (χ3n) is 3.34. The first kappa shape index (κ1) is 20.0. The van der Waals surface area contributed by atoms with Crippen molar-refractivity contribution in [3.63, 3.8) is 0 Å². The summed E-state index contributed by atoms with van der Waals surface area (Å²) in [6, 6.07) is 8.66. The van der Waals surface area contributed by atoms with Crippen LogP contribution in [0.4, 0.5) is 5.69 Å². The number of hydrogen-bond acceptors (Lipinski definition) is 6. The molecule has 1 aromatic carbocycles. The maximum atomic E-state index is 12.0. The fraction of sp³-hybridized carbons (Fsp3) is 0.312. The number of rotatable bonds is 8. The SMILES string of the molecule is CN=C(NCCNS(=O)(=O)c1cccs1)Nc1ccc(OC)c(OC)c1. The molecule has 0 amide bonds. The lowest BCUT2D eigenvalue weighted by molar-refractivity contribution is 0.355. The molecule has 0 aliphatic rings. The molecule has 3 N–H and O–H groups in total. The van der Waals surface area contributed by atoms with Crippen molar-refractivity contribution in [3.05, 3.63) is 35.7 Å². The van der Waals surface area contributed by atoms with E-state index in [1.54, 1.807) is 50.9 Å². The second-order valence-electron chi connectivity index (χ2n) is 5.02. The highest BCUT2D eigenvalue weighted by atomic mass is 32.2. The van der Waals surface area contributed by atoms with Gasteiger partial charge in [0.05, 0.1) is 14.2 Å². The van der Waals surface area contributed by atoms with E-state index >= 15 is 0 Å². The second kappa shape index (κ2) is 9.41. The Kier molecular flexibility index (Phi) is 7.25. The summed E-state index contributed by atoms with van der Waals surface area (Å²) in [5.41, 5.74) is 0.759. The van der Waals surface area contributed by atoms with Crippen molar-refractivity contribution in [1.82, 2.24) is 10.0 Å². The lowest BCUT2D eigenvalue weighted by Gasteiger charge is -2.14. The van der Waals surface area contributed by atoms with Crippen molar-refractivity contribution < 1.29 is 17.9 Å². The molecule has 10 heteroatoms. The molecule has 0 radical (unpaired) electrons. The Morgan fingerprint density at radius 3 is 2.54 bits per heavy atom. The zero-order valence-electron chi connectivity index (χ0n) is 14.8. The Hall–Kier alpha value is -2.30. The van der Waals surface area contributed by atoms with Gasteiger partial charge in [-0.3, -0.25) is 4.99 Å². The standard InChI is InChI=1S/C16H22N4O4S2/c1-17-16(20-12-6-7-13(23-2)14(11-12)24-3)18-8-9-19-26(21,22)15-5-4-10-25-15/h4-7,10-11,19H,8-9H2,1-3H3,(H2,17,18,20). The van der Waals surface area contributed by atoms with E-state index in [-0.39, 0.29) is 6.54 Å². The molecule has 0 saturated carbocycles. The minimum Gasteiger partial charge on any atom is -0.493 e. The zero-order chi connectivity index (χ0) is 19.0. The summed E-state index contributed by atoms with van der Waals surface area (Å²) < 4.78 is 37.4. The lowest BCUT2D eigenvalue weighted by Crippen LogP contribution is -2.37. The van der Waals surface area contributed by atoms with E-state index in [1.165, 1.54) is 11.3 Å². The quantitative estimate of drug-likeness (QED) is 0.356. The van der Waals surface area contributed by atoms with Crippen LogP contribution in [0.25, 0.3) is 0 Å².